The fraction of sp³-hybridized carbons (Fsp3) is 0.250. The Morgan fingerprint density at radius 3 is 2.00 bits per heavy atom. The Morgan fingerprint density at radius 2 is 1.55 bits per heavy atom. The lowest BCUT2D eigenvalue weighted by molar-refractivity contribution is -0.114. The van der Waals surface area contributed by atoms with Crippen molar-refractivity contribution in [1.29, 1.82) is 0 Å². The fourth-order valence-corrected chi connectivity index (χ4v) is 3.92. The smallest absolute Gasteiger partial charge is 0.337 e. The molecule has 0 unspecified atom stereocenters. The van der Waals surface area contributed by atoms with E-state index in [0.29, 0.717) is 16.3 Å². The Bertz CT molecular complexity index is 1100. The zero-order valence-electron chi connectivity index (χ0n) is 17.3. The molecule has 2 rings (SSSR count). The molecule has 0 aliphatic rings. The Hall–Kier alpha value is -3.11. The predicted molar refractivity (Wildman–Crippen MR) is 116 cm³/mol. The van der Waals surface area contributed by atoms with Gasteiger partial charge in [0.05, 0.1) is 37.3 Å². The normalized spacial score (nSPS) is 10.9. The molecule has 0 aliphatic carbocycles. The van der Waals surface area contributed by atoms with Gasteiger partial charge in [-0.15, -0.1) is 0 Å². The van der Waals surface area contributed by atoms with E-state index < -0.39 is 34.4 Å². The van der Waals surface area contributed by atoms with Crippen molar-refractivity contribution in [3.05, 3.63) is 58.1 Å². The lowest BCUT2D eigenvalue weighted by Crippen LogP contribution is -2.37. The molecule has 0 spiro atoms. The first-order chi connectivity index (χ1) is 14.5. The molecule has 1 amide bonds. The molecular weight excluding hydrogens is 448 g/mol. The number of rotatable bonds is 7. The lowest BCUT2D eigenvalue weighted by Gasteiger charge is -2.23. The average Bonchev–Trinajstić information content (AvgIpc) is 2.70. The van der Waals surface area contributed by atoms with Crippen molar-refractivity contribution in [3.63, 3.8) is 0 Å². The predicted octanol–water partition coefficient (Wildman–Crippen LogP) is 2.63. The van der Waals surface area contributed by atoms with Crippen molar-refractivity contribution in [2.24, 2.45) is 0 Å². The number of methoxy groups -OCH3 is 2. The molecule has 0 aromatic heterocycles. The highest BCUT2D eigenvalue weighted by atomic mass is 35.5. The van der Waals surface area contributed by atoms with Gasteiger partial charge in [-0.25, -0.2) is 18.0 Å². The number of nitrogens with zero attached hydrogens (tertiary/aromatic N) is 1. The third kappa shape index (κ3) is 6.19. The highest BCUT2D eigenvalue weighted by molar-refractivity contribution is 7.92. The third-order valence-electron chi connectivity index (χ3n) is 4.17. The minimum Gasteiger partial charge on any atom is -0.465 e. The van der Waals surface area contributed by atoms with E-state index in [2.05, 4.69) is 14.8 Å². The van der Waals surface area contributed by atoms with Crippen LogP contribution in [0.15, 0.2) is 36.4 Å². The number of hydrogen-bond donors (Lipinski definition) is 1. The summed E-state index contributed by atoms with van der Waals surface area (Å²) in [5.41, 5.74) is 0.963. The van der Waals surface area contributed by atoms with Crippen molar-refractivity contribution in [1.82, 2.24) is 0 Å². The lowest BCUT2D eigenvalue weighted by atomic mass is 10.1. The van der Waals surface area contributed by atoms with E-state index in [1.807, 2.05) is 0 Å². The van der Waals surface area contributed by atoms with Crippen molar-refractivity contribution >= 4 is 50.8 Å². The Labute approximate surface area is 184 Å². The number of carbonyl (C=O) groups excluding carboxylic acids is 3. The van der Waals surface area contributed by atoms with E-state index in [1.165, 1.54) is 44.6 Å². The average molecular weight is 469 g/mol. The van der Waals surface area contributed by atoms with Crippen LogP contribution < -0.4 is 9.62 Å². The summed E-state index contributed by atoms with van der Waals surface area (Å²) in [6.45, 7) is 1.12. The number of ether oxygens (including phenoxy) is 2. The summed E-state index contributed by atoms with van der Waals surface area (Å²) in [6.07, 6.45) is 0.974. The molecule has 0 heterocycles. The Balaban J connectivity index is 2.36. The van der Waals surface area contributed by atoms with Crippen LogP contribution in [-0.4, -0.2) is 53.3 Å². The van der Waals surface area contributed by atoms with Gasteiger partial charge < -0.3 is 14.8 Å². The fourth-order valence-electron chi connectivity index (χ4n) is 2.78. The molecule has 11 heteroatoms. The Kier molecular flexibility index (Phi) is 7.64. The van der Waals surface area contributed by atoms with E-state index in [4.69, 9.17) is 11.6 Å². The minimum absolute atomic E-state index is 0.00853. The summed E-state index contributed by atoms with van der Waals surface area (Å²) in [6, 6.07) is 8.45. The minimum atomic E-state index is -3.81. The number of anilines is 2. The molecule has 0 atom stereocenters. The monoisotopic (exact) mass is 468 g/mol. The van der Waals surface area contributed by atoms with Crippen molar-refractivity contribution in [2.45, 2.75) is 6.92 Å². The Morgan fingerprint density at radius 1 is 1.00 bits per heavy atom. The molecule has 31 heavy (non-hydrogen) atoms. The largest absolute Gasteiger partial charge is 0.465 e. The standard InChI is InChI=1S/C20H21ClN2O7S/c1-12-7-15(21)5-6-17(12)23(31(4,27)28)11-18(24)22-16-9-13(19(25)29-2)8-14(10-16)20(26)30-3/h5-10H,11H2,1-4H3,(H,22,24). The molecule has 166 valence electrons. The molecule has 2 aromatic rings. The first kappa shape index (κ1) is 24.2. The molecule has 0 saturated carbocycles. The van der Waals surface area contributed by atoms with E-state index in [-0.39, 0.29) is 16.8 Å². The van der Waals surface area contributed by atoms with Crippen LogP contribution in [0, 0.1) is 6.92 Å². The van der Waals surface area contributed by atoms with Gasteiger partial charge in [0.25, 0.3) is 0 Å². The topological polar surface area (TPSA) is 119 Å². The second kappa shape index (κ2) is 9.80. The van der Waals surface area contributed by atoms with Gasteiger partial charge in [0.2, 0.25) is 15.9 Å². The maximum Gasteiger partial charge on any atom is 0.337 e. The highest BCUT2D eigenvalue weighted by Crippen LogP contribution is 2.26. The van der Waals surface area contributed by atoms with E-state index >= 15 is 0 Å². The van der Waals surface area contributed by atoms with Crippen LogP contribution in [0.25, 0.3) is 0 Å². The number of halogens is 1. The summed E-state index contributed by atoms with van der Waals surface area (Å²) in [5, 5.41) is 2.92. The van der Waals surface area contributed by atoms with Crippen LogP contribution in [-0.2, 0) is 24.3 Å². The van der Waals surface area contributed by atoms with E-state index in [0.717, 1.165) is 10.6 Å². The second-order valence-corrected chi connectivity index (χ2v) is 8.87. The number of hydrogen-bond acceptors (Lipinski definition) is 7. The quantitative estimate of drug-likeness (QED) is 0.620. The zero-order chi connectivity index (χ0) is 23.3. The van der Waals surface area contributed by atoms with Crippen molar-refractivity contribution < 1.29 is 32.3 Å². The van der Waals surface area contributed by atoms with Gasteiger partial charge in [-0.1, -0.05) is 11.6 Å². The van der Waals surface area contributed by atoms with Gasteiger partial charge in [0, 0.05) is 10.7 Å². The molecular formula is C20H21ClN2O7S. The SMILES string of the molecule is COC(=O)c1cc(NC(=O)CN(c2ccc(Cl)cc2C)S(C)(=O)=O)cc(C(=O)OC)c1. The highest BCUT2D eigenvalue weighted by Gasteiger charge is 2.23. The summed E-state index contributed by atoms with van der Waals surface area (Å²) >= 11 is 5.93. The molecule has 2 aromatic carbocycles. The number of amides is 1. The molecule has 9 nitrogen and oxygen atoms in total. The molecule has 0 saturated heterocycles. The van der Waals surface area contributed by atoms with Crippen LogP contribution in [0.1, 0.15) is 26.3 Å². The van der Waals surface area contributed by atoms with Gasteiger partial charge in [-0.3, -0.25) is 9.10 Å². The number of nitrogens with one attached hydrogen (secondary N) is 1. The number of benzene rings is 2. The van der Waals surface area contributed by atoms with Gasteiger partial charge >= 0.3 is 11.9 Å². The van der Waals surface area contributed by atoms with Gasteiger partial charge in [0.1, 0.15) is 6.54 Å². The van der Waals surface area contributed by atoms with Crippen molar-refractivity contribution in [3.8, 4) is 0 Å². The van der Waals surface area contributed by atoms with Crippen LogP contribution in [0.2, 0.25) is 5.02 Å². The number of aryl methyl sites for hydroxylation is 1. The second-order valence-electron chi connectivity index (χ2n) is 6.53. The summed E-state index contributed by atoms with van der Waals surface area (Å²) in [5.74, 6) is -2.15. The van der Waals surface area contributed by atoms with Gasteiger partial charge in [-0.2, -0.15) is 0 Å². The first-order valence-electron chi connectivity index (χ1n) is 8.81. The van der Waals surface area contributed by atoms with Crippen LogP contribution in [0.4, 0.5) is 11.4 Å². The van der Waals surface area contributed by atoms with E-state index in [1.54, 1.807) is 13.0 Å². The summed E-state index contributed by atoms with van der Waals surface area (Å²) in [7, 11) is -1.47. The van der Waals surface area contributed by atoms with Crippen LogP contribution in [0.5, 0.6) is 0 Å². The molecule has 0 radical (unpaired) electrons. The van der Waals surface area contributed by atoms with Crippen molar-refractivity contribution in [2.75, 3.05) is 36.6 Å². The molecule has 0 aliphatic heterocycles. The zero-order valence-corrected chi connectivity index (χ0v) is 18.8. The molecule has 0 bridgehead atoms. The van der Waals surface area contributed by atoms with Crippen LogP contribution in [0.3, 0.4) is 0 Å². The molecule has 1 N–H and O–H groups in total. The third-order valence-corrected chi connectivity index (χ3v) is 5.54. The number of esters is 2. The summed E-state index contributed by atoms with van der Waals surface area (Å²) < 4.78 is 34.9. The van der Waals surface area contributed by atoms with Gasteiger partial charge in [-0.05, 0) is 48.9 Å². The number of carbonyl (C=O) groups is 3. The summed E-state index contributed by atoms with van der Waals surface area (Å²) in [4.78, 5) is 36.4. The van der Waals surface area contributed by atoms with Gasteiger partial charge in [0.15, 0.2) is 0 Å². The van der Waals surface area contributed by atoms with Crippen LogP contribution >= 0.6 is 11.6 Å². The van der Waals surface area contributed by atoms with E-state index in [9.17, 15) is 22.8 Å². The maximum atomic E-state index is 12.6. The molecule has 0 fully saturated rings. The number of sulfonamides is 1. The maximum absolute atomic E-state index is 12.6. The first-order valence-corrected chi connectivity index (χ1v) is 11.0.